The molecule has 51 heavy (non-hydrogen) atoms. The first-order valence-electron chi connectivity index (χ1n) is 17.9. The van der Waals surface area contributed by atoms with Crippen molar-refractivity contribution in [3.8, 4) is 5.69 Å². The third-order valence-corrected chi connectivity index (χ3v) is 11.2. The molecule has 1 aliphatic rings. The molecule has 0 aliphatic heterocycles. The van der Waals surface area contributed by atoms with Gasteiger partial charge in [0.25, 0.3) is 0 Å². The number of rotatable bonds is 4. The molecule has 10 aromatic rings. The molecular formula is C49H33NO. The number of hydrogen-bond donors (Lipinski definition) is 0. The largest absolute Gasteiger partial charge is 0.456 e. The summed E-state index contributed by atoms with van der Waals surface area (Å²) >= 11 is 0. The van der Waals surface area contributed by atoms with Gasteiger partial charge in [-0.05, 0) is 98.3 Å². The van der Waals surface area contributed by atoms with Gasteiger partial charge in [0.05, 0.1) is 10.9 Å². The fourth-order valence-corrected chi connectivity index (χ4v) is 9.04. The lowest BCUT2D eigenvalue weighted by Crippen LogP contribution is -2.34. The van der Waals surface area contributed by atoms with Crippen molar-refractivity contribution in [2.24, 2.45) is 0 Å². The maximum Gasteiger partial charge on any atom is 0.135 e. The van der Waals surface area contributed by atoms with Gasteiger partial charge in [0.2, 0.25) is 0 Å². The molecule has 0 bridgehead atoms. The fraction of sp³-hybridized carbons (Fsp3) is 0.0612. The smallest absolute Gasteiger partial charge is 0.135 e. The quantitative estimate of drug-likeness (QED) is 0.173. The van der Waals surface area contributed by atoms with Crippen LogP contribution in [0.1, 0.15) is 29.9 Å². The Kier molecular flexibility index (Phi) is 6.17. The van der Waals surface area contributed by atoms with E-state index in [1.54, 1.807) is 0 Å². The van der Waals surface area contributed by atoms with Gasteiger partial charge in [-0.2, -0.15) is 0 Å². The minimum absolute atomic E-state index is 0.00152. The highest BCUT2D eigenvalue weighted by atomic mass is 16.3. The number of para-hydroxylation sites is 3. The maximum absolute atomic E-state index is 6.56. The van der Waals surface area contributed by atoms with Crippen LogP contribution in [-0.2, 0) is 0 Å². The summed E-state index contributed by atoms with van der Waals surface area (Å²) in [6.07, 6.45) is 4.40. The Bertz CT molecular complexity index is 3140. The molecule has 0 saturated heterocycles. The number of hydrogen-bond acceptors (Lipinski definition) is 1. The van der Waals surface area contributed by atoms with E-state index in [0.717, 1.165) is 34.8 Å². The zero-order chi connectivity index (χ0) is 33.5. The Hall–Kier alpha value is -6.38. The molecule has 240 valence electrons. The standard InChI is InChI=1S/C49H33NO/c1-2-14-33(15-3-1)50-44-22-10-8-20-40(44)49-41(21-12-23-45(49)50)48(32-26-28-39-38-19-9-11-24-46(38)51-47(39)29-32)43-30-42-34-16-5-4-13-31(34)25-27-37(42)35-17-6-7-18-36(35)43/h1-11,13-20,22-30,48H,12,21H2. The third kappa shape index (κ3) is 4.23. The van der Waals surface area contributed by atoms with Crippen LogP contribution in [0, 0.1) is 0 Å². The molecule has 1 atom stereocenters. The maximum atomic E-state index is 6.56. The molecule has 8 aromatic carbocycles. The number of benzene rings is 8. The number of nitrogens with zero attached hydrogens (tertiary/aromatic N) is 1. The molecule has 0 spiro atoms. The normalized spacial score (nSPS) is 13.8. The van der Waals surface area contributed by atoms with Crippen molar-refractivity contribution in [1.82, 2.24) is 4.57 Å². The summed E-state index contributed by atoms with van der Waals surface area (Å²) in [7, 11) is 0. The molecule has 2 heteroatoms. The van der Waals surface area contributed by atoms with Gasteiger partial charge in [-0.25, -0.2) is 0 Å². The van der Waals surface area contributed by atoms with Crippen LogP contribution >= 0.6 is 0 Å². The lowest BCUT2D eigenvalue weighted by molar-refractivity contribution is 0.668. The predicted molar refractivity (Wildman–Crippen MR) is 214 cm³/mol. The van der Waals surface area contributed by atoms with E-state index in [0.29, 0.717) is 0 Å². The van der Waals surface area contributed by atoms with Crippen LogP contribution in [0.2, 0.25) is 0 Å². The van der Waals surface area contributed by atoms with Gasteiger partial charge in [-0.1, -0.05) is 133 Å². The van der Waals surface area contributed by atoms with Crippen molar-refractivity contribution in [1.29, 1.82) is 0 Å². The average molecular weight is 652 g/mol. The molecule has 11 rings (SSSR count). The van der Waals surface area contributed by atoms with E-state index in [9.17, 15) is 0 Å². The number of furan rings is 1. The van der Waals surface area contributed by atoms with E-state index in [1.807, 2.05) is 0 Å². The first-order valence-corrected chi connectivity index (χ1v) is 17.9. The van der Waals surface area contributed by atoms with Gasteiger partial charge in [0, 0.05) is 33.0 Å². The van der Waals surface area contributed by atoms with Crippen LogP contribution < -0.4 is 10.6 Å². The summed E-state index contributed by atoms with van der Waals surface area (Å²) in [5.74, 6) is -0.00152. The Labute approximate surface area is 294 Å². The monoisotopic (exact) mass is 651 g/mol. The zero-order valence-electron chi connectivity index (χ0n) is 28.0. The van der Waals surface area contributed by atoms with Crippen LogP contribution in [0.5, 0.6) is 0 Å². The van der Waals surface area contributed by atoms with E-state index in [-0.39, 0.29) is 5.92 Å². The molecule has 0 saturated carbocycles. The van der Waals surface area contributed by atoms with Gasteiger partial charge in [-0.3, -0.25) is 0 Å². The minimum atomic E-state index is -0.00152. The summed E-state index contributed by atoms with van der Waals surface area (Å²) in [6, 6.07) is 60.1. The van der Waals surface area contributed by atoms with Crippen LogP contribution in [0.15, 0.2) is 168 Å². The summed E-state index contributed by atoms with van der Waals surface area (Å²) in [5.41, 5.74) is 8.34. The number of aromatic nitrogens is 1. The van der Waals surface area contributed by atoms with Crippen molar-refractivity contribution >= 4 is 76.8 Å². The van der Waals surface area contributed by atoms with Crippen LogP contribution in [-0.4, -0.2) is 4.57 Å². The summed E-state index contributed by atoms with van der Waals surface area (Å²) in [5, 5.41) is 14.0. The van der Waals surface area contributed by atoms with E-state index < -0.39 is 0 Å². The third-order valence-electron chi connectivity index (χ3n) is 11.2. The lowest BCUT2D eigenvalue weighted by Gasteiger charge is -2.26. The molecule has 1 aliphatic carbocycles. The van der Waals surface area contributed by atoms with Crippen molar-refractivity contribution < 1.29 is 4.42 Å². The molecule has 0 N–H and O–H groups in total. The second-order valence-corrected chi connectivity index (χ2v) is 13.9. The molecule has 2 nitrogen and oxygen atoms in total. The molecule has 2 aromatic heterocycles. The van der Waals surface area contributed by atoms with Crippen LogP contribution in [0.4, 0.5) is 0 Å². The van der Waals surface area contributed by atoms with Gasteiger partial charge in [0.1, 0.15) is 11.2 Å². The van der Waals surface area contributed by atoms with Crippen molar-refractivity contribution in [3.63, 3.8) is 0 Å². The predicted octanol–water partition coefficient (Wildman–Crippen LogP) is 11.5. The highest BCUT2D eigenvalue weighted by molar-refractivity contribution is 6.18. The molecule has 2 heterocycles. The molecular weight excluding hydrogens is 619 g/mol. The molecule has 0 radical (unpaired) electrons. The lowest BCUT2D eigenvalue weighted by atomic mass is 9.77. The Morgan fingerprint density at radius 1 is 0.490 bits per heavy atom. The number of fused-ring (bicyclic) bond motifs is 11. The second kappa shape index (κ2) is 11.1. The zero-order valence-corrected chi connectivity index (χ0v) is 28.0. The van der Waals surface area contributed by atoms with Gasteiger partial charge >= 0.3 is 0 Å². The highest BCUT2D eigenvalue weighted by Crippen LogP contribution is 2.44. The van der Waals surface area contributed by atoms with Gasteiger partial charge < -0.3 is 8.98 Å². The van der Waals surface area contributed by atoms with Crippen LogP contribution in [0.25, 0.3) is 82.5 Å². The van der Waals surface area contributed by atoms with Gasteiger partial charge in [-0.15, -0.1) is 0 Å². The second-order valence-electron chi connectivity index (χ2n) is 13.9. The first-order chi connectivity index (χ1) is 25.3. The van der Waals surface area contributed by atoms with Gasteiger partial charge in [0.15, 0.2) is 0 Å². The minimum Gasteiger partial charge on any atom is -0.456 e. The Balaban J connectivity index is 1.31. The van der Waals surface area contributed by atoms with Crippen LogP contribution in [0.3, 0.4) is 0 Å². The van der Waals surface area contributed by atoms with E-state index in [1.165, 1.54) is 76.2 Å². The fourth-order valence-electron chi connectivity index (χ4n) is 9.04. The Morgan fingerprint density at radius 2 is 1.16 bits per heavy atom. The molecule has 0 fully saturated rings. The first kappa shape index (κ1) is 28.5. The van der Waals surface area contributed by atoms with E-state index >= 15 is 0 Å². The topological polar surface area (TPSA) is 18.1 Å². The van der Waals surface area contributed by atoms with Crippen molar-refractivity contribution in [3.05, 3.63) is 185 Å². The Morgan fingerprint density at radius 3 is 2.04 bits per heavy atom. The summed E-state index contributed by atoms with van der Waals surface area (Å²) in [6.45, 7) is 0. The summed E-state index contributed by atoms with van der Waals surface area (Å²) in [4.78, 5) is 0. The molecule has 1 unspecified atom stereocenters. The SMILES string of the molecule is C1=c2c(c3ccccc3n2-c2ccccc2)=C(C(c2ccc3c(c2)oc2ccccc23)c2cc3c4ccccc4ccc3c3ccccc23)CC1. The van der Waals surface area contributed by atoms with Crippen molar-refractivity contribution in [2.45, 2.75) is 18.8 Å². The van der Waals surface area contributed by atoms with Crippen molar-refractivity contribution in [2.75, 3.05) is 0 Å². The molecule has 0 amide bonds. The van der Waals surface area contributed by atoms with E-state index in [2.05, 4.69) is 174 Å². The highest BCUT2D eigenvalue weighted by Gasteiger charge is 2.27. The van der Waals surface area contributed by atoms with E-state index in [4.69, 9.17) is 4.42 Å². The summed E-state index contributed by atoms with van der Waals surface area (Å²) < 4.78 is 9.03. The average Bonchev–Trinajstić information content (AvgIpc) is 3.74.